The minimum Gasteiger partial charge on any atom is -0.494 e. The average Bonchev–Trinajstić information content (AvgIpc) is 3.17. The van der Waals surface area contributed by atoms with Crippen LogP contribution in [0.4, 0.5) is 0 Å². The maximum Gasteiger partial charge on any atom is 0.220 e. The summed E-state index contributed by atoms with van der Waals surface area (Å²) in [4.78, 5) is 11.8. The van der Waals surface area contributed by atoms with Gasteiger partial charge in [-0.25, -0.2) is 0 Å². The topological polar surface area (TPSA) is 67.8 Å². The minimum atomic E-state index is -1.32. The number of benzene rings is 2. The largest absolute Gasteiger partial charge is 0.494 e. The van der Waals surface area contributed by atoms with Gasteiger partial charge in [-0.2, -0.15) is 0 Å². The van der Waals surface area contributed by atoms with Crippen molar-refractivity contribution >= 4 is 5.91 Å². The average molecular weight is 383 g/mol. The predicted octanol–water partition coefficient (Wildman–Crippen LogP) is 3.78. The molecule has 0 bridgehead atoms. The Kier molecular flexibility index (Phi) is 6.57. The Labute approximate surface area is 166 Å². The molecule has 0 aromatic heterocycles. The van der Waals surface area contributed by atoms with Gasteiger partial charge < -0.3 is 19.9 Å². The van der Waals surface area contributed by atoms with E-state index in [4.69, 9.17) is 9.47 Å². The van der Waals surface area contributed by atoms with Crippen LogP contribution in [-0.4, -0.2) is 30.3 Å². The highest BCUT2D eigenvalue weighted by molar-refractivity contribution is 5.79. The van der Waals surface area contributed by atoms with Crippen LogP contribution in [0.2, 0.25) is 0 Å². The SMILES string of the molecule is CCCOc1ccc(C(O)(c2ccc(OCCC)cc2)[C@H]2CCC(=O)N2)cc1. The number of nitrogens with one attached hydrogen (secondary N) is 1. The van der Waals surface area contributed by atoms with Crippen LogP contribution >= 0.6 is 0 Å². The summed E-state index contributed by atoms with van der Waals surface area (Å²) in [6.07, 6.45) is 2.87. The lowest BCUT2D eigenvalue weighted by Gasteiger charge is -2.35. The summed E-state index contributed by atoms with van der Waals surface area (Å²) >= 11 is 0. The van der Waals surface area contributed by atoms with Crippen LogP contribution in [0.15, 0.2) is 48.5 Å². The van der Waals surface area contributed by atoms with Gasteiger partial charge in [0.05, 0.1) is 19.3 Å². The lowest BCUT2D eigenvalue weighted by Crippen LogP contribution is -2.47. The van der Waals surface area contributed by atoms with E-state index in [1.54, 1.807) is 0 Å². The molecule has 0 aliphatic carbocycles. The monoisotopic (exact) mass is 383 g/mol. The van der Waals surface area contributed by atoms with Crippen molar-refractivity contribution in [2.45, 2.75) is 51.2 Å². The van der Waals surface area contributed by atoms with Gasteiger partial charge >= 0.3 is 0 Å². The smallest absolute Gasteiger partial charge is 0.220 e. The molecule has 3 rings (SSSR count). The second-order valence-electron chi connectivity index (χ2n) is 7.17. The number of hydrogen-bond acceptors (Lipinski definition) is 4. The molecule has 5 heteroatoms. The molecule has 1 aliphatic heterocycles. The van der Waals surface area contributed by atoms with Crippen molar-refractivity contribution in [2.75, 3.05) is 13.2 Å². The summed E-state index contributed by atoms with van der Waals surface area (Å²) in [6.45, 7) is 5.43. The fraction of sp³-hybridized carbons (Fsp3) is 0.435. The number of aliphatic hydroxyl groups is 1. The highest BCUT2D eigenvalue weighted by Gasteiger charge is 2.43. The molecule has 2 aromatic carbocycles. The van der Waals surface area contributed by atoms with Gasteiger partial charge in [0.15, 0.2) is 0 Å². The summed E-state index contributed by atoms with van der Waals surface area (Å²) in [6, 6.07) is 14.6. The summed E-state index contributed by atoms with van der Waals surface area (Å²) < 4.78 is 11.3. The number of carbonyl (C=O) groups excluding carboxylic acids is 1. The minimum absolute atomic E-state index is 0.0331. The zero-order valence-electron chi connectivity index (χ0n) is 16.6. The Balaban J connectivity index is 1.92. The molecule has 5 nitrogen and oxygen atoms in total. The van der Waals surface area contributed by atoms with E-state index in [0.29, 0.717) is 26.1 Å². The van der Waals surface area contributed by atoms with E-state index in [9.17, 15) is 9.90 Å². The van der Waals surface area contributed by atoms with Gasteiger partial charge in [0.2, 0.25) is 5.91 Å². The summed E-state index contributed by atoms with van der Waals surface area (Å²) in [5, 5.41) is 14.7. The molecule has 0 saturated carbocycles. The molecule has 1 fully saturated rings. The highest BCUT2D eigenvalue weighted by Crippen LogP contribution is 2.38. The first-order valence-electron chi connectivity index (χ1n) is 10.1. The number of ether oxygens (including phenoxy) is 2. The van der Waals surface area contributed by atoms with E-state index in [1.165, 1.54) is 0 Å². The third kappa shape index (κ3) is 4.30. The van der Waals surface area contributed by atoms with Crippen molar-refractivity contribution < 1.29 is 19.4 Å². The van der Waals surface area contributed by atoms with Crippen LogP contribution in [0.5, 0.6) is 11.5 Å². The third-order valence-corrected chi connectivity index (χ3v) is 5.03. The Morgan fingerprint density at radius 2 is 1.39 bits per heavy atom. The molecular weight excluding hydrogens is 354 g/mol. The van der Waals surface area contributed by atoms with Crippen LogP contribution in [0, 0.1) is 0 Å². The van der Waals surface area contributed by atoms with E-state index in [0.717, 1.165) is 35.5 Å². The molecule has 150 valence electrons. The number of rotatable bonds is 9. The molecule has 1 aliphatic rings. The van der Waals surface area contributed by atoms with Crippen molar-refractivity contribution in [3.05, 3.63) is 59.7 Å². The summed E-state index contributed by atoms with van der Waals surface area (Å²) in [5.41, 5.74) is 0.134. The second kappa shape index (κ2) is 9.11. The van der Waals surface area contributed by atoms with Crippen LogP contribution < -0.4 is 14.8 Å². The van der Waals surface area contributed by atoms with Gasteiger partial charge in [-0.05, 0) is 54.7 Å². The predicted molar refractivity (Wildman–Crippen MR) is 109 cm³/mol. The number of amides is 1. The second-order valence-corrected chi connectivity index (χ2v) is 7.17. The van der Waals surface area contributed by atoms with Crippen LogP contribution in [0.1, 0.15) is 50.7 Å². The molecule has 1 atom stereocenters. The molecule has 1 amide bonds. The van der Waals surface area contributed by atoms with Gasteiger partial charge in [-0.1, -0.05) is 38.1 Å². The Bertz CT molecular complexity index is 719. The fourth-order valence-corrected chi connectivity index (χ4v) is 3.55. The van der Waals surface area contributed by atoms with Crippen molar-refractivity contribution in [3.8, 4) is 11.5 Å². The molecule has 28 heavy (non-hydrogen) atoms. The highest BCUT2D eigenvalue weighted by atomic mass is 16.5. The zero-order valence-corrected chi connectivity index (χ0v) is 16.6. The fourth-order valence-electron chi connectivity index (χ4n) is 3.55. The van der Waals surface area contributed by atoms with Crippen molar-refractivity contribution in [2.24, 2.45) is 0 Å². The lowest BCUT2D eigenvalue weighted by atomic mass is 9.79. The molecule has 1 saturated heterocycles. The van der Waals surface area contributed by atoms with Gasteiger partial charge in [-0.15, -0.1) is 0 Å². The van der Waals surface area contributed by atoms with Crippen molar-refractivity contribution in [1.29, 1.82) is 0 Å². The van der Waals surface area contributed by atoms with Crippen molar-refractivity contribution in [1.82, 2.24) is 5.32 Å². The van der Waals surface area contributed by atoms with E-state index >= 15 is 0 Å². The molecular formula is C23H29NO4. The molecule has 0 unspecified atom stereocenters. The summed E-state index contributed by atoms with van der Waals surface area (Å²) in [7, 11) is 0. The van der Waals surface area contributed by atoms with E-state index in [-0.39, 0.29) is 11.9 Å². The van der Waals surface area contributed by atoms with Crippen LogP contribution in [0.3, 0.4) is 0 Å². The zero-order chi connectivity index (χ0) is 20.0. The van der Waals surface area contributed by atoms with Gasteiger partial charge in [-0.3, -0.25) is 4.79 Å². The number of hydrogen-bond donors (Lipinski definition) is 2. The maximum absolute atomic E-state index is 11.8. The quantitative estimate of drug-likeness (QED) is 0.692. The standard InChI is InChI=1S/C23H29NO4/c1-3-15-27-19-9-5-17(6-10-19)23(26,21-13-14-22(25)24-21)18-7-11-20(12-8-18)28-16-4-2/h5-12,21,26H,3-4,13-16H2,1-2H3,(H,24,25)/t21-/m1/s1. The molecule has 1 heterocycles. The summed E-state index contributed by atoms with van der Waals surface area (Å²) in [5.74, 6) is 1.51. The van der Waals surface area contributed by atoms with Crippen LogP contribution in [-0.2, 0) is 10.4 Å². The lowest BCUT2D eigenvalue weighted by molar-refractivity contribution is -0.120. The van der Waals surface area contributed by atoms with E-state index in [1.807, 2.05) is 48.5 Å². The third-order valence-electron chi connectivity index (χ3n) is 5.03. The van der Waals surface area contributed by atoms with Gasteiger partial charge in [0.25, 0.3) is 0 Å². The van der Waals surface area contributed by atoms with E-state index in [2.05, 4.69) is 19.2 Å². The maximum atomic E-state index is 11.8. The molecule has 0 spiro atoms. The van der Waals surface area contributed by atoms with Gasteiger partial charge in [0.1, 0.15) is 17.1 Å². The van der Waals surface area contributed by atoms with Crippen LogP contribution in [0.25, 0.3) is 0 Å². The first kappa shape index (κ1) is 20.2. The Morgan fingerprint density at radius 3 is 1.75 bits per heavy atom. The Morgan fingerprint density at radius 1 is 0.929 bits per heavy atom. The van der Waals surface area contributed by atoms with Gasteiger partial charge in [0, 0.05) is 6.42 Å². The van der Waals surface area contributed by atoms with E-state index < -0.39 is 5.60 Å². The first-order chi connectivity index (χ1) is 13.6. The molecule has 0 radical (unpaired) electrons. The molecule has 2 aromatic rings. The molecule has 2 N–H and O–H groups in total. The normalized spacial score (nSPS) is 16.7. The number of carbonyl (C=O) groups is 1. The van der Waals surface area contributed by atoms with Crippen molar-refractivity contribution in [3.63, 3.8) is 0 Å². The first-order valence-corrected chi connectivity index (χ1v) is 10.1. The Hall–Kier alpha value is -2.53.